The number of nitrogens with zero attached hydrogens (tertiary/aromatic N) is 2. The fraction of sp³-hybridized carbons (Fsp3) is 0.333. The molecule has 0 aliphatic rings. The van der Waals surface area contributed by atoms with Crippen LogP contribution in [0.1, 0.15) is 6.42 Å². The van der Waals surface area contributed by atoms with E-state index in [2.05, 4.69) is 25.3 Å². The molecule has 0 aliphatic carbocycles. The number of guanidine groups is 1. The Hall–Kier alpha value is -1.44. The monoisotopic (exact) mass is 553 g/mol. The first-order chi connectivity index (χ1) is 13.5. The van der Waals surface area contributed by atoms with Crippen LogP contribution >= 0.6 is 35.7 Å². The van der Waals surface area contributed by atoms with Gasteiger partial charge in [-0.25, -0.2) is 17.5 Å². The lowest BCUT2D eigenvalue weighted by Gasteiger charge is -2.12. The van der Waals surface area contributed by atoms with Gasteiger partial charge in [-0.1, -0.05) is 0 Å². The lowest BCUT2D eigenvalue weighted by Crippen LogP contribution is -2.41. The molecule has 1 aromatic carbocycles. The van der Waals surface area contributed by atoms with Crippen LogP contribution in [0.3, 0.4) is 0 Å². The molecule has 0 saturated carbocycles. The minimum atomic E-state index is -3.56. The first-order valence-electron chi connectivity index (χ1n) is 8.74. The molecule has 0 spiro atoms. The van der Waals surface area contributed by atoms with Gasteiger partial charge in [-0.05, 0) is 48.6 Å². The smallest absolute Gasteiger partial charge is 0.242 e. The van der Waals surface area contributed by atoms with Gasteiger partial charge in [0.05, 0.1) is 0 Å². The van der Waals surface area contributed by atoms with E-state index in [9.17, 15) is 12.8 Å². The van der Waals surface area contributed by atoms with Crippen LogP contribution in [0.4, 0.5) is 4.39 Å². The molecule has 0 unspecified atom stereocenters. The van der Waals surface area contributed by atoms with E-state index in [-0.39, 0.29) is 41.2 Å². The Balaban J connectivity index is 0.00000420. The van der Waals surface area contributed by atoms with Gasteiger partial charge in [-0.15, -0.1) is 35.7 Å². The third-order valence-electron chi connectivity index (χ3n) is 3.57. The second-order valence-electron chi connectivity index (χ2n) is 5.67. The zero-order valence-corrected chi connectivity index (χ0v) is 19.9. The molecule has 160 valence electrons. The summed E-state index contributed by atoms with van der Waals surface area (Å²) in [5, 5.41) is 6.23. The highest BCUT2D eigenvalue weighted by atomic mass is 127. The number of pyridine rings is 1. The van der Waals surface area contributed by atoms with Crippen molar-refractivity contribution >= 4 is 51.7 Å². The van der Waals surface area contributed by atoms with Gasteiger partial charge in [-0.2, -0.15) is 0 Å². The maximum Gasteiger partial charge on any atom is 0.242 e. The number of thioether (sulfide) groups is 1. The third kappa shape index (κ3) is 9.74. The Kier molecular flexibility index (Phi) is 12.1. The van der Waals surface area contributed by atoms with Crippen molar-refractivity contribution in [1.29, 1.82) is 0 Å². The highest BCUT2D eigenvalue weighted by Crippen LogP contribution is 2.18. The van der Waals surface area contributed by atoms with E-state index in [4.69, 9.17) is 0 Å². The predicted molar refractivity (Wildman–Crippen MR) is 126 cm³/mol. The first kappa shape index (κ1) is 25.6. The highest BCUT2D eigenvalue weighted by molar-refractivity contribution is 14.0. The number of sulfonamides is 1. The molecule has 0 fully saturated rings. The second kappa shape index (κ2) is 13.7. The number of rotatable bonds is 10. The van der Waals surface area contributed by atoms with Gasteiger partial charge in [0.15, 0.2) is 5.96 Å². The van der Waals surface area contributed by atoms with Crippen LogP contribution in [-0.2, 0) is 10.0 Å². The van der Waals surface area contributed by atoms with Crippen molar-refractivity contribution in [3.05, 3.63) is 54.6 Å². The van der Waals surface area contributed by atoms with Gasteiger partial charge in [-0.3, -0.25) is 9.98 Å². The number of halogens is 2. The number of hydrogen-bond donors (Lipinski definition) is 3. The number of aromatic nitrogens is 1. The van der Waals surface area contributed by atoms with Gasteiger partial charge in [0.2, 0.25) is 10.0 Å². The molecule has 1 aromatic heterocycles. The molecule has 29 heavy (non-hydrogen) atoms. The zero-order chi connectivity index (χ0) is 20.2. The van der Waals surface area contributed by atoms with Crippen LogP contribution in [0.2, 0.25) is 0 Å². The van der Waals surface area contributed by atoms with Crippen molar-refractivity contribution in [3.63, 3.8) is 0 Å². The van der Waals surface area contributed by atoms with Crippen molar-refractivity contribution in [1.82, 2.24) is 20.3 Å². The molecule has 7 nitrogen and oxygen atoms in total. The summed E-state index contributed by atoms with van der Waals surface area (Å²) in [4.78, 5) is 9.08. The Bertz CT molecular complexity index is 852. The van der Waals surface area contributed by atoms with Crippen molar-refractivity contribution in [2.24, 2.45) is 4.99 Å². The van der Waals surface area contributed by atoms with Crippen LogP contribution < -0.4 is 15.4 Å². The topological polar surface area (TPSA) is 95.5 Å². The number of hydrogen-bond acceptors (Lipinski definition) is 5. The van der Waals surface area contributed by atoms with E-state index in [0.717, 1.165) is 23.6 Å². The molecule has 0 radical (unpaired) electrons. The lowest BCUT2D eigenvalue weighted by molar-refractivity contribution is 0.580. The SMILES string of the molecule is CN=C(NCCCSc1ccc(F)cc1)NCCNS(=O)(=O)c1cccnc1.I. The van der Waals surface area contributed by atoms with Crippen molar-refractivity contribution < 1.29 is 12.8 Å². The standard InChI is InChI=1S/C18H24FN5O2S2.HI/c1-20-18(22-10-3-13-27-16-7-5-15(19)6-8-16)23-11-12-24-28(25,26)17-4-2-9-21-14-17;/h2,4-9,14,24H,3,10-13H2,1H3,(H2,20,22,23);1H. The van der Waals surface area contributed by atoms with E-state index in [0.29, 0.717) is 12.5 Å². The number of benzene rings is 1. The summed E-state index contributed by atoms with van der Waals surface area (Å²) in [5.74, 6) is 1.26. The van der Waals surface area contributed by atoms with Gasteiger partial charge in [0, 0.05) is 44.0 Å². The molecule has 0 saturated heterocycles. The van der Waals surface area contributed by atoms with E-state index < -0.39 is 10.0 Å². The molecule has 3 N–H and O–H groups in total. The predicted octanol–water partition coefficient (Wildman–Crippen LogP) is 2.46. The Morgan fingerprint density at radius 1 is 1.14 bits per heavy atom. The summed E-state index contributed by atoms with van der Waals surface area (Å²) < 4.78 is 39.5. The van der Waals surface area contributed by atoms with E-state index in [1.165, 1.54) is 30.6 Å². The van der Waals surface area contributed by atoms with Crippen LogP contribution in [-0.4, -0.2) is 51.8 Å². The van der Waals surface area contributed by atoms with Crippen molar-refractivity contribution in [2.45, 2.75) is 16.2 Å². The molecule has 2 aromatic rings. The van der Waals surface area contributed by atoms with Crippen LogP contribution in [0.25, 0.3) is 0 Å². The molecular weight excluding hydrogens is 528 g/mol. The van der Waals surface area contributed by atoms with E-state index >= 15 is 0 Å². The fourth-order valence-corrected chi connectivity index (χ4v) is 4.02. The van der Waals surface area contributed by atoms with Crippen LogP contribution in [0.5, 0.6) is 0 Å². The van der Waals surface area contributed by atoms with Crippen LogP contribution in [0, 0.1) is 5.82 Å². The first-order valence-corrected chi connectivity index (χ1v) is 11.2. The largest absolute Gasteiger partial charge is 0.356 e. The minimum absolute atomic E-state index is 0. The van der Waals surface area contributed by atoms with Gasteiger partial charge in [0.25, 0.3) is 0 Å². The summed E-state index contributed by atoms with van der Waals surface area (Å²) >= 11 is 1.66. The fourth-order valence-electron chi connectivity index (χ4n) is 2.18. The molecule has 11 heteroatoms. The molecule has 0 aliphatic heterocycles. The third-order valence-corrected chi connectivity index (χ3v) is 6.12. The summed E-state index contributed by atoms with van der Waals surface area (Å²) in [6.45, 7) is 1.33. The van der Waals surface area contributed by atoms with E-state index in [1.807, 2.05) is 0 Å². The lowest BCUT2D eigenvalue weighted by atomic mass is 10.4. The summed E-state index contributed by atoms with van der Waals surface area (Å²) in [7, 11) is -1.90. The quantitative estimate of drug-likeness (QED) is 0.138. The highest BCUT2D eigenvalue weighted by Gasteiger charge is 2.12. The second-order valence-corrected chi connectivity index (χ2v) is 8.60. The van der Waals surface area contributed by atoms with Gasteiger partial charge >= 0.3 is 0 Å². The van der Waals surface area contributed by atoms with Crippen LogP contribution in [0.15, 0.2) is 63.6 Å². The number of aliphatic imine (C=N–C) groups is 1. The molecule has 0 amide bonds. The Labute approximate surface area is 192 Å². The normalized spacial score (nSPS) is 11.6. The van der Waals surface area contributed by atoms with Crippen molar-refractivity contribution in [3.8, 4) is 0 Å². The minimum Gasteiger partial charge on any atom is -0.356 e. The molecule has 0 atom stereocenters. The molecular formula is C18H25FIN5O2S2. The average Bonchev–Trinajstić information content (AvgIpc) is 2.71. The summed E-state index contributed by atoms with van der Waals surface area (Å²) in [6, 6.07) is 9.50. The molecule has 2 rings (SSSR count). The van der Waals surface area contributed by atoms with Crippen molar-refractivity contribution in [2.75, 3.05) is 32.4 Å². The summed E-state index contributed by atoms with van der Waals surface area (Å²) in [5.41, 5.74) is 0. The van der Waals surface area contributed by atoms with E-state index in [1.54, 1.807) is 37.0 Å². The molecule has 1 heterocycles. The average molecular weight is 553 g/mol. The van der Waals surface area contributed by atoms with Gasteiger partial charge < -0.3 is 10.6 Å². The summed E-state index contributed by atoms with van der Waals surface area (Å²) in [6.07, 6.45) is 3.73. The van der Waals surface area contributed by atoms with Gasteiger partial charge in [0.1, 0.15) is 10.7 Å². The Morgan fingerprint density at radius 3 is 2.52 bits per heavy atom. The zero-order valence-electron chi connectivity index (χ0n) is 16.0. The number of nitrogens with one attached hydrogen (secondary N) is 3. The molecule has 0 bridgehead atoms. The maximum absolute atomic E-state index is 12.9. The Morgan fingerprint density at radius 2 is 1.86 bits per heavy atom. The maximum atomic E-state index is 12.9.